The summed E-state index contributed by atoms with van der Waals surface area (Å²) in [5, 5.41) is 3.48. The number of hydrogen-bond donors (Lipinski definition) is 1. The van der Waals surface area contributed by atoms with Crippen LogP contribution in [0.15, 0.2) is 42.5 Å². The maximum Gasteiger partial charge on any atom is 0.256 e. The van der Waals surface area contributed by atoms with Crippen molar-refractivity contribution in [3.63, 3.8) is 0 Å². The van der Waals surface area contributed by atoms with E-state index < -0.39 is 5.82 Å². The summed E-state index contributed by atoms with van der Waals surface area (Å²) in [6, 6.07) is 11.3. The van der Waals surface area contributed by atoms with Gasteiger partial charge in [0.2, 0.25) is 5.91 Å². The number of rotatable bonds is 3. The van der Waals surface area contributed by atoms with Crippen LogP contribution in [0, 0.1) is 18.7 Å². The molecule has 2 aromatic carbocycles. The molecular weight excluding hydrogens is 355 g/mol. The maximum absolute atomic E-state index is 13.9. The maximum atomic E-state index is 13.9. The number of halogens is 2. The van der Waals surface area contributed by atoms with Crippen LogP contribution in [-0.4, -0.2) is 29.8 Å². The van der Waals surface area contributed by atoms with Crippen molar-refractivity contribution in [2.24, 2.45) is 5.92 Å². The summed E-state index contributed by atoms with van der Waals surface area (Å²) >= 11 is 6.09. The number of carbonyl (C=O) groups is 2. The van der Waals surface area contributed by atoms with Gasteiger partial charge in [0.15, 0.2) is 0 Å². The molecule has 1 N–H and O–H groups in total. The summed E-state index contributed by atoms with van der Waals surface area (Å²) in [6.45, 7) is 2.64. The zero-order chi connectivity index (χ0) is 18.7. The first kappa shape index (κ1) is 18.4. The van der Waals surface area contributed by atoms with Crippen LogP contribution >= 0.6 is 11.6 Å². The Kier molecular flexibility index (Phi) is 5.57. The Morgan fingerprint density at radius 2 is 1.96 bits per heavy atom. The van der Waals surface area contributed by atoms with Crippen LogP contribution in [-0.2, 0) is 4.79 Å². The van der Waals surface area contributed by atoms with E-state index in [1.165, 1.54) is 12.1 Å². The molecule has 2 amide bonds. The summed E-state index contributed by atoms with van der Waals surface area (Å²) in [4.78, 5) is 26.8. The number of anilines is 1. The third-order valence-electron chi connectivity index (χ3n) is 4.71. The topological polar surface area (TPSA) is 49.4 Å². The highest BCUT2D eigenvalue weighted by atomic mass is 35.5. The molecule has 0 spiro atoms. The second-order valence-corrected chi connectivity index (χ2v) is 6.88. The van der Waals surface area contributed by atoms with Gasteiger partial charge in [-0.1, -0.05) is 29.8 Å². The monoisotopic (exact) mass is 374 g/mol. The third-order valence-corrected chi connectivity index (χ3v) is 5.12. The van der Waals surface area contributed by atoms with Gasteiger partial charge in [0.25, 0.3) is 5.91 Å². The lowest BCUT2D eigenvalue weighted by molar-refractivity contribution is -0.121. The molecule has 0 aliphatic carbocycles. The quantitative estimate of drug-likeness (QED) is 0.871. The molecular formula is C20H20ClFN2O2. The van der Waals surface area contributed by atoms with E-state index in [9.17, 15) is 14.0 Å². The van der Waals surface area contributed by atoms with E-state index in [-0.39, 0.29) is 29.8 Å². The van der Waals surface area contributed by atoms with Crippen LogP contribution in [0.4, 0.5) is 10.1 Å². The Hall–Kier alpha value is -2.40. The van der Waals surface area contributed by atoms with Gasteiger partial charge in [-0.15, -0.1) is 0 Å². The molecule has 0 radical (unpaired) electrons. The van der Waals surface area contributed by atoms with Crippen molar-refractivity contribution in [2.45, 2.75) is 19.8 Å². The first-order valence-corrected chi connectivity index (χ1v) is 8.95. The highest BCUT2D eigenvalue weighted by Gasteiger charge is 2.30. The molecule has 0 saturated carbocycles. The Bertz CT molecular complexity index is 840. The molecule has 1 unspecified atom stereocenters. The molecule has 1 heterocycles. The zero-order valence-electron chi connectivity index (χ0n) is 14.5. The number of benzene rings is 2. The van der Waals surface area contributed by atoms with Gasteiger partial charge >= 0.3 is 0 Å². The highest BCUT2D eigenvalue weighted by molar-refractivity contribution is 6.31. The number of carbonyl (C=O) groups excluding carboxylic acids is 2. The number of piperidine rings is 1. The fraction of sp³-hybridized carbons (Fsp3) is 0.300. The lowest BCUT2D eigenvalue weighted by Crippen LogP contribution is -2.44. The Balaban J connectivity index is 1.70. The minimum absolute atomic E-state index is 0.0410. The van der Waals surface area contributed by atoms with E-state index in [2.05, 4.69) is 5.32 Å². The van der Waals surface area contributed by atoms with Crippen molar-refractivity contribution >= 4 is 29.1 Å². The molecule has 1 atom stereocenters. The van der Waals surface area contributed by atoms with E-state index in [1.54, 1.807) is 35.2 Å². The summed E-state index contributed by atoms with van der Waals surface area (Å²) in [5.41, 5.74) is 1.51. The first-order chi connectivity index (χ1) is 12.5. The average molecular weight is 375 g/mol. The van der Waals surface area contributed by atoms with E-state index in [0.717, 1.165) is 5.56 Å². The predicted octanol–water partition coefficient (Wildman–Crippen LogP) is 4.28. The van der Waals surface area contributed by atoms with E-state index in [4.69, 9.17) is 11.6 Å². The number of hydrogen-bond acceptors (Lipinski definition) is 2. The van der Waals surface area contributed by atoms with E-state index >= 15 is 0 Å². The van der Waals surface area contributed by atoms with Crippen molar-refractivity contribution < 1.29 is 14.0 Å². The molecule has 0 bridgehead atoms. The van der Waals surface area contributed by atoms with Gasteiger partial charge in [0.1, 0.15) is 5.82 Å². The molecule has 0 aromatic heterocycles. The van der Waals surface area contributed by atoms with Crippen LogP contribution in [0.5, 0.6) is 0 Å². The number of nitrogens with one attached hydrogen (secondary N) is 1. The largest absolute Gasteiger partial charge is 0.338 e. The summed E-state index contributed by atoms with van der Waals surface area (Å²) < 4.78 is 13.9. The van der Waals surface area contributed by atoms with Gasteiger partial charge in [0.05, 0.1) is 11.5 Å². The minimum atomic E-state index is -0.543. The molecule has 1 saturated heterocycles. The summed E-state index contributed by atoms with van der Waals surface area (Å²) in [5.74, 6) is -1.41. The Morgan fingerprint density at radius 1 is 1.19 bits per heavy atom. The molecule has 26 heavy (non-hydrogen) atoms. The molecule has 2 aromatic rings. The zero-order valence-corrected chi connectivity index (χ0v) is 15.2. The second-order valence-electron chi connectivity index (χ2n) is 6.47. The lowest BCUT2D eigenvalue weighted by atomic mass is 9.96. The van der Waals surface area contributed by atoms with Crippen LogP contribution in [0.25, 0.3) is 0 Å². The van der Waals surface area contributed by atoms with Gasteiger partial charge in [-0.25, -0.2) is 4.39 Å². The molecule has 1 aliphatic heterocycles. The van der Waals surface area contributed by atoms with Crippen molar-refractivity contribution in [1.82, 2.24) is 4.90 Å². The van der Waals surface area contributed by atoms with Crippen molar-refractivity contribution in [3.05, 3.63) is 64.4 Å². The Labute approximate surface area is 157 Å². The molecule has 6 heteroatoms. The van der Waals surface area contributed by atoms with Crippen LogP contribution in [0.2, 0.25) is 5.02 Å². The molecule has 4 nitrogen and oxygen atoms in total. The molecule has 136 valence electrons. The summed E-state index contributed by atoms with van der Waals surface area (Å²) in [6.07, 6.45) is 1.39. The predicted molar refractivity (Wildman–Crippen MR) is 99.8 cm³/mol. The molecule has 1 aliphatic rings. The standard InChI is InChI=1S/C20H20ClFN2O2/c1-13-16(21)8-4-10-18(13)23-19(25)14-6-5-11-24(12-14)20(26)15-7-2-3-9-17(15)22/h2-4,7-10,14H,5-6,11-12H2,1H3,(H,23,25). The minimum Gasteiger partial charge on any atom is -0.338 e. The molecule has 1 fully saturated rings. The Morgan fingerprint density at radius 3 is 2.73 bits per heavy atom. The van der Waals surface area contributed by atoms with Crippen LogP contribution in [0.1, 0.15) is 28.8 Å². The fourth-order valence-electron chi connectivity index (χ4n) is 3.16. The van der Waals surface area contributed by atoms with Gasteiger partial charge in [-0.05, 0) is 49.6 Å². The van der Waals surface area contributed by atoms with Gasteiger partial charge in [-0.3, -0.25) is 9.59 Å². The lowest BCUT2D eigenvalue weighted by Gasteiger charge is -2.32. The van der Waals surface area contributed by atoms with Gasteiger partial charge in [0, 0.05) is 23.8 Å². The normalized spacial score (nSPS) is 17.0. The van der Waals surface area contributed by atoms with Crippen LogP contribution in [0.3, 0.4) is 0 Å². The first-order valence-electron chi connectivity index (χ1n) is 8.57. The average Bonchev–Trinajstić information content (AvgIpc) is 2.65. The number of amides is 2. The SMILES string of the molecule is Cc1c(Cl)cccc1NC(=O)C1CCCN(C(=O)c2ccccc2F)C1. The van der Waals surface area contributed by atoms with Gasteiger partial charge < -0.3 is 10.2 Å². The van der Waals surface area contributed by atoms with Crippen molar-refractivity contribution in [3.8, 4) is 0 Å². The summed E-state index contributed by atoms with van der Waals surface area (Å²) in [7, 11) is 0. The number of nitrogens with zero attached hydrogens (tertiary/aromatic N) is 1. The smallest absolute Gasteiger partial charge is 0.256 e. The van der Waals surface area contributed by atoms with Crippen molar-refractivity contribution in [1.29, 1.82) is 0 Å². The van der Waals surface area contributed by atoms with Crippen molar-refractivity contribution in [2.75, 3.05) is 18.4 Å². The van der Waals surface area contributed by atoms with E-state index in [0.29, 0.717) is 30.1 Å². The van der Waals surface area contributed by atoms with Gasteiger partial charge in [-0.2, -0.15) is 0 Å². The van der Waals surface area contributed by atoms with Crippen LogP contribution < -0.4 is 5.32 Å². The third kappa shape index (κ3) is 3.88. The second kappa shape index (κ2) is 7.87. The highest BCUT2D eigenvalue weighted by Crippen LogP contribution is 2.25. The fourth-order valence-corrected chi connectivity index (χ4v) is 3.33. The molecule has 3 rings (SSSR count). The number of likely N-dealkylation sites (tertiary alicyclic amines) is 1. The van der Waals surface area contributed by atoms with E-state index in [1.807, 2.05) is 6.92 Å².